The van der Waals surface area contributed by atoms with Gasteiger partial charge in [0.15, 0.2) is 0 Å². The summed E-state index contributed by atoms with van der Waals surface area (Å²) in [6.45, 7) is 2.12. The van der Waals surface area contributed by atoms with Crippen LogP contribution in [0.25, 0.3) is 11.3 Å². The molecule has 2 N–H and O–H groups in total. The lowest BCUT2D eigenvalue weighted by molar-refractivity contribution is -0.119. The fourth-order valence-corrected chi connectivity index (χ4v) is 3.69. The van der Waals surface area contributed by atoms with Crippen LogP contribution in [0.2, 0.25) is 0 Å². The van der Waals surface area contributed by atoms with Crippen LogP contribution in [0, 0.1) is 5.41 Å². The third-order valence-electron chi connectivity index (χ3n) is 5.24. The predicted molar refractivity (Wildman–Crippen MR) is 88.2 cm³/mol. The van der Waals surface area contributed by atoms with Crippen LogP contribution in [0.5, 0.6) is 0 Å². The molecule has 2 aliphatic rings. The Morgan fingerprint density at radius 2 is 2.12 bits per heavy atom. The molecule has 0 atom stereocenters. The van der Waals surface area contributed by atoms with Gasteiger partial charge in [0, 0.05) is 51.1 Å². The highest BCUT2D eigenvalue weighted by atomic mass is 16.2. The van der Waals surface area contributed by atoms with Crippen molar-refractivity contribution in [3.63, 3.8) is 0 Å². The van der Waals surface area contributed by atoms with E-state index in [1.165, 1.54) is 0 Å². The largest absolute Gasteiger partial charge is 0.357 e. The topological polar surface area (TPSA) is 83.0 Å². The average Bonchev–Trinajstić information content (AvgIpc) is 3.28. The van der Waals surface area contributed by atoms with Crippen molar-refractivity contribution in [3.8, 4) is 11.3 Å². The Hall–Kier alpha value is -2.57. The molecule has 2 fully saturated rings. The van der Waals surface area contributed by atoms with E-state index in [0.29, 0.717) is 25.2 Å². The first-order valence-corrected chi connectivity index (χ1v) is 8.28. The zero-order valence-corrected chi connectivity index (χ0v) is 13.7. The molecule has 2 amide bonds. The number of H-pyrrole nitrogens is 1. The molecule has 0 aromatic carbocycles. The van der Waals surface area contributed by atoms with Crippen molar-refractivity contribution in [3.05, 3.63) is 30.2 Å². The van der Waals surface area contributed by atoms with E-state index in [2.05, 4.69) is 15.5 Å². The minimum Gasteiger partial charge on any atom is -0.357 e. The van der Waals surface area contributed by atoms with Gasteiger partial charge in [-0.2, -0.15) is 5.10 Å². The first-order chi connectivity index (χ1) is 11.5. The number of carbonyl (C=O) groups is 2. The molecule has 0 bridgehead atoms. The van der Waals surface area contributed by atoms with Crippen LogP contribution < -0.4 is 5.32 Å². The highest BCUT2D eigenvalue weighted by molar-refractivity contribution is 5.93. The molecule has 0 radical (unpaired) electrons. The Bertz CT molecular complexity index is 783. The molecule has 7 nitrogen and oxygen atoms in total. The lowest BCUT2D eigenvalue weighted by Gasteiger charge is -2.37. The van der Waals surface area contributed by atoms with Gasteiger partial charge >= 0.3 is 0 Å². The van der Waals surface area contributed by atoms with E-state index < -0.39 is 0 Å². The first-order valence-electron chi connectivity index (χ1n) is 8.28. The Kier molecular flexibility index (Phi) is 3.44. The normalized spacial score (nSPS) is 19.7. The molecule has 4 heterocycles. The molecule has 4 rings (SSSR count). The Labute approximate surface area is 140 Å². The zero-order valence-electron chi connectivity index (χ0n) is 13.7. The van der Waals surface area contributed by atoms with Crippen molar-refractivity contribution >= 4 is 11.8 Å². The van der Waals surface area contributed by atoms with Crippen LogP contribution in [-0.4, -0.2) is 51.1 Å². The first kappa shape index (κ1) is 15.0. The number of aromatic amines is 1. The molecule has 2 aromatic heterocycles. The summed E-state index contributed by atoms with van der Waals surface area (Å²) in [6.07, 6.45) is 6.26. The Balaban J connectivity index is 1.43. The molecule has 2 aromatic rings. The summed E-state index contributed by atoms with van der Waals surface area (Å²) in [5.74, 6) is 0.118. The number of hydrogen-bond acceptors (Lipinski definition) is 3. The quantitative estimate of drug-likeness (QED) is 0.868. The van der Waals surface area contributed by atoms with Gasteiger partial charge in [-0.15, -0.1) is 0 Å². The number of nitrogens with zero attached hydrogens (tertiary/aromatic N) is 3. The molecule has 2 aliphatic heterocycles. The van der Waals surface area contributed by atoms with Gasteiger partial charge in [0.1, 0.15) is 5.69 Å². The molecule has 24 heavy (non-hydrogen) atoms. The van der Waals surface area contributed by atoms with Gasteiger partial charge in [-0.1, -0.05) is 0 Å². The number of aromatic nitrogens is 3. The van der Waals surface area contributed by atoms with Crippen LogP contribution >= 0.6 is 0 Å². The van der Waals surface area contributed by atoms with E-state index in [9.17, 15) is 9.59 Å². The standard InChI is InChI=1S/C17H21N5O2/c1-21-5-2-12(10-21)13-8-14(20-19-13)16(24)22-6-3-17(4-7-22)9-15(23)18-11-17/h2,5,8,10H,3-4,6-7,9,11H2,1H3,(H,18,23)(H,19,20). The smallest absolute Gasteiger partial charge is 0.271 e. The lowest BCUT2D eigenvalue weighted by atomic mass is 9.77. The summed E-state index contributed by atoms with van der Waals surface area (Å²) in [4.78, 5) is 26.0. The summed E-state index contributed by atoms with van der Waals surface area (Å²) in [5, 5.41) is 10.0. The minimum absolute atomic E-state index is 0.0168. The van der Waals surface area contributed by atoms with Crippen LogP contribution in [0.1, 0.15) is 29.8 Å². The van der Waals surface area contributed by atoms with E-state index in [4.69, 9.17) is 0 Å². The molecule has 0 saturated carbocycles. The highest BCUT2D eigenvalue weighted by Crippen LogP contribution is 2.37. The van der Waals surface area contributed by atoms with E-state index in [-0.39, 0.29) is 17.2 Å². The van der Waals surface area contributed by atoms with Gasteiger partial charge in [-0.05, 0) is 30.4 Å². The van der Waals surface area contributed by atoms with Gasteiger partial charge in [0.05, 0.1) is 5.69 Å². The van der Waals surface area contributed by atoms with Crippen molar-refractivity contribution in [1.29, 1.82) is 0 Å². The maximum absolute atomic E-state index is 12.7. The van der Waals surface area contributed by atoms with Crippen molar-refractivity contribution in [2.45, 2.75) is 19.3 Å². The fourth-order valence-electron chi connectivity index (χ4n) is 3.69. The molecular weight excluding hydrogens is 306 g/mol. The number of aryl methyl sites for hydroxylation is 1. The van der Waals surface area contributed by atoms with Gasteiger partial charge in [-0.3, -0.25) is 14.7 Å². The van der Waals surface area contributed by atoms with Crippen molar-refractivity contribution in [1.82, 2.24) is 25.0 Å². The molecule has 0 aliphatic carbocycles. The summed E-state index contributed by atoms with van der Waals surface area (Å²) < 4.78 is 1.95. The average molecular weight is 327 g/mol. The van der Waals surface area contributed by atoms with Crippen LogP contribution in [0.4, 0.5) is 0 Å². The molecule has 1 spiro atoms. The van der Waals surface area contributed by atoms with E-state index in [1.807, 2.05) is 41.0 Å². The zero-order chi connectivity index (χ0) is 16.7. The Morgan fingerprint density at radius 1 is 1.33 bits per heavy atom. The van der Waals surface area contributed by atoms with E-state index >= 15 is 0 Å². The third-order valence-corrected chi connectivity index (χ3v) is 5.24. The maximum Gasteiger partial charge on any atom is 0.271 e. The SMILES string of the molecule is Cn1ccc(-c2cc(C(=O)N3CCC4(CC3)CNC(=O)C4)[nH]n2)c1. The number of amides is 2. The van der Waals surface area contributed by atoms with Gasteiger partial charge in [0.2, 0.25) is 5.91 Å². The minimum atomic E-state index is -0.0168. The van der Waals surface area contributed by atoms with E-state index in [1.54, 1.807) is 0 Å². The second-order valence-corrected chi connectivity index (χ2v) is 6.98. The molecule has 126 valence electrons. The van der Waals surface area contributed by atoms with Crippen LogP contribution in [-0.2, 0) is 11.8 Å². The third kappa shape index (κ3) is 2.60. The van der Waals surface area contributed by atoms with Crippen molar-refractivity contribution < 1.29 is 9.59 Å². The predicted octanol–water partition coefficient (Wildman–Crippen LogP) is 1.16. The van der Waals surface area contributed by atoms with Crippen molar-refractivity contribution in [2.75, 3.05) is 19.6 Å². The number of piperidine rings is 1. The van der Waals surface area contributed by atoms with Gasteiger partial charge in [-0.25, -0.2) is 0 Å². The Morgan fingerprint density at radius 3 is 2.75 bits per heavy atom. The number of nitrogens with one attached hydrogen (secondary N) is 2. The molecular formula is C17H21N5O2. The fraction of sp³-hybridized carbons (Fsp3) is 0.471. The van der Waals surface area contributed by atoms with Crippen LogP contribution in [0.3, 0.4) is 0 Å². The molecule has 2 saturated heterocycles. The number of carbonyl (C=O) groups excluding carboxylic acids is 2. The maximum atomic E-state index is 12.7. The van der Waals surface area contributed by atoms with Gasteiger partial charge < -0.3 is 14.8 Å². The number of hydrogen-bond donors (Lipinski definition) is 2. The number of rotatable bonds is 2. The highest BCUT2D eigenvalue weighted by Gasteiger charge is 2.41. The molecule has 7 heteroatoms. The lowest BCUT2D eigenvalue weighted by Crippen LogP contribution is -2.44. The summed E-state index contributed by atoms with van der Waals surface area (Å²) in [7, 11) is 1.95. The second kappa shape index (κ2) is 5.51. The van der Waals surface area contributed by atoms with Crippen molar-refractivity contribution in [2.24, 2.45) is 12.5 Å². The summed E-state index contributed by atoms with van der Waals surface area (Å²) in [5.41, 5.74) is 2.33. The second-order valence-electron chi connectivity index (χ2n) is 6.98. The van der Waals surface area contributed by atoms with E-state index in [0.717, 1.165) is 30.6 Å². The summed E-state index contributed by atoms with van der Waals surface area (Å²) in [6, 6.07) is 3.78. The monoisotopic (exact) mass is 327 g/mol. The van der Waals surface area contributed by atoms with Gasteiger partial charge in [0.25, 0.3) is 5.91 Å². The molecule has 0 unspecified atom stereocenters. The van der Waals surface area contributed by atoms with Crippen LogP contribution in [0.15, 0.2) is 24.5 Å². The number of likely N-dealkylation sites (tertiary alicyclic amines) is 1. The summed E-state index contributed by atoms with van der Waals surface area (Å²) >= 11 is 0.